The molecule has 0 bridgehead atoms. The molecule has 0 heterocycles. The molecule has 0 aromatic heterocycles. The van der Waals surface area contributed by atoms with Crippen LogP contribution in [0.4, 0.5) is 0 Å². The van der Waals surface area contributed by atoms with Crippen LogP contribution in [-0.2, 0) is 9.47 Å². The molecule has 0 saturated heterocycles. The van der Waals surface area contributed by atoms with Crippen LogP contribution in [0.15, 0.2) is 22.7 Å². The highest BCUT2D eigenvalue weighted by molar-refractivity contribution is 9.10. The molecule has 84 valence electrons. The molecule has 1 rings (SSSR count). The van der Waals surface area contributed by atoms with Gasteiger partial charge in [-0.25, -0.2) is 0 Å². The zero-order chi connectivity index (χ0) is 11.3. The first-order chi connectivity index (χ1) is 7.17. The number of rotatable bonds is 5. The Morgan fingerprint density at radius 3 is 2.53 bits per heavy atom. The number of benzene rings is 1. The van der Waals surface area contributed by atoms with Gasteiger partial charge in [-0.2, -0.15) is 0 Å². The first-order valence-corrected chi connectivity index (χ1v) is 5.13. The Hall–Kier alpha value is -0.780. The van der Waals surface area contributed by atoms with Crippen molar-refractivity contribution in [2.75, 3.05) is 20.8 Å². The maximum atomic E-state index is 9.51. The van der Waals surface area contributed by atoms with E-state index in [1.807, 2.05) is 0 Å². The van der Waals surface area contributed by atoms with E-state index in [0.29, 0.717) is 5.75 Å². The van der Waals surface area contributed by atoms with E-state index in [1.165, 1.54) is 14.2 Å². The summed E-state index contributed by atoms with van der Waals surface area (Å²) in [7, 11) is 3.05. The maximum absolute atomic E-state index is 9.51. The molecule has 0 radical (unpaired) electrons. The van der Waals surface area contributed by atoms with Crippen LogP contribution < -0.4 is 4.74 Å². The SMILES string of the molecule is COC(COc1ccc(Br)cc1O)OC. The van der Waals surface area contributed by atoms with Crippen LogP contribution in [0.3, 0.4) is 0 Å². The molecule has 15 heavy (non-hydrogen) atoms. The Bertz CT molecular complexity index is 312. The Labute approximate surface area is 96.9 Å². The van der Waals surface area contributed by atoms with Crippen molar-refractivity contribution in [1.82, 2.24) is 0 Å². The predicted octanol–water partition coefficient (Wildman–Crippen LogP) is 2.15. The zero-order valence-corrected chi connectivity index (χ0v) is 10.2. The van der Waals surface area contributed by atoms with E-state index in [0.717, 1.165) is 4.47 Å². The molecule has 4 nitrogen and oxygen atoms in total. The highest BCUT2D eigenvalue weighted by Crippen LogP contribution is 2.29. The number of aromatic hydroxyl groups is 1. The Balaban J connectivity index is 2.57. The van der Waals surface area contributed by atoms with E-state index in [9.17, 15) is 5.11 Å². The highest BCUT2D eigenvalue weighted by Gasteiger charge is 2.08. The molecule has 5 heteroatoms. The fraction of sp³-hybridized carbons (Fsp3) is 0.400. The molecule has 0 aliphatic carbocycles. The molecule has 0 fully saturated rings. The van der Waals surface area contributed by atoms with E-state index in [1.54, 1.807) is 18.2 Å². The normalized spacial score (nSPS) is 10.7. The van der Waals surface area contributed by atoms with Gasteiger partial charge in [-0.05, 0) is 18.2 Å². The van der Waals surface area contributed by atoms with Crippen LogP contribution in [0.2, 0.25) is 0 Å². The Kier molecular flexibility index (Phi) is 4.87. The van der Waals surface area contributed by atoms with Gasteiger partial charge >= 0.3 is 0 Å². The van der Waals surface area contributed by atoms with E-state index >= 15 is 0 Å². The summed E-state index contributed by atoms with van der Waals surface area (Å²) in [5, 5.41) is 9.51. The van der Waals surface area contributed by atoms with Crippen LogP contribution in [0.5, 0.6) is 11.5 Å². The number of phenols is 1. The van der Waals surface area contributed by atoms with Gasteiger partial charge in [0.2, 0.25) is 0 Å². The number of hydrogen-bond donors (Lipinski definition) is 1. The minimum Gasteiger partial charge on any atom is -0.504 e. The summed E-state index contributed by atoms with van der Waals surface area (Å²) >= 11 is 3.24. The Morgan fingerprint density at radius 2 is 2.00 bits per heavy atom. The minimum absolute atomic E-state index is 0.0790. The van der Waals surface area contributed by atoms with Crippen LogP contribution in [0.25, 0.3) is 0 Å². The molecule has 0 spiro atoms. The molecule has 1 aromatic rings. The summed E-state index contributed by atoms with van der Waals surface area (Å²) in [4.78, 5) is 0. The number of phenolic OH excluding ortho intramolecular Hbond substituents is 1. The second kappa shape index (κ2) is 5.95. The monoisotopic (exact) mass is 276 g/mol. The van der Waals surface area contributed by atoms with Crippen molar-refractivity contribution in [3.63, 3.8) is 0 Å². The topological polar surface area (TPSA) is 47.9 Å². The molecule has 0 unspecified atom stereocenters. The van der Waals surface area contributed by atoms with Crippen molar-refractivity contribution < 1.29 is 19.3 Å². The van der Waals surface area contributed by atoms with Crippen molar-refractivity contribution in [3.05, 3.63) is 22.7 Å². The lowest BCUT2D eigenvalue weighted by atomic mass is 10.3. The lowest BCUT2D eigenvalue weighted by Crippen LogP contribution is -2.22. The molecular formula is C10H13BrO4. The van der Waals surface area contributed by atoms with Gasteiger partial charge in [0, 0.05) is 18.7 Å². The third-order valence-corrected chi connectivity index (χ3v) is 2.31. The smallest absolute Gasteiger partial charge is 0.191 e. The fourth-order valence-corrected chi connectivity index (χ4v) is 1.35. The zero-order valence-electron chi connectivity index (χ0n) is 8.57. The molecule has 1 N–H and O–H groups in total. The van der Waals surface area contributed by atoms with E-state index in [4.69, 9.17) is 14.2 Å². The van der Waals surface area contributed by atoms with Gasteiger partial charge < -0.3 is 19.3 Å². The van der Waals surface area contributed by atoms with Crippen molar-refractivity contribution >= 4 is 15.9 Å². The lowest BCUT2D eigenvalue weighted by Gasteiger charge is -2.14. The quantitative estimate of drug-likeness (QED) is 0.838. The Morgan fingerprint density at radius 1 is 1.33 bits per heavy atom. The maximum Gasteiger partial charge on any atom is 0.191 e. The summed E-state index contributed by atoms with van der Waals surface area (Å²) < 4.78 is 16.0. The van der Waals surface area contributed by atoms with Gasteiger partial charge in [0.15, 0.2) is 17.8 Å². The third kappa shape index (κ3) is 3.70. The van der Waals surface area contributed by atoms with Crippen LogP contribution in [0.1, 0.15) is 0 Å². The van der Waals surface area contributed by atoms with E-state index < -0.39 is 6.29 Å². The molecule has 0 aliphatic heterocycles. The van der Waals surface area contributed by atoms with Gasteiger partial charge in [0.05, 0.1) is 0 Å². The number of hydrogen-bond acceptors (Lipinski definition) is 4. The third-order valence-electron chi connectivity index (χ3n) is 1.82. The van der Waals surface area contributed by atoms with Gasteiger partial charge in [0.25, 0.3) is 0 Å². The van der Waals surface area contributed by atoms with Crippen LogP contribution >= 0.6 is 15.9 Å². The van der Waals surface area contributed by atoms with Crippen molar-refractivity contribution in [1.29, 1.82) is 0 Å². The molecular weight excluding hydrogens is 264 g/mol. The predicted molar refractivity (Wildman–Crippen MR) is 59.1 cm³/mol. The molecule has 0 aliphatic rings. The van der Waals surface area contributed by atoms with E-state index in [-0.39, 0.29) is 12.4 Å². The second-order valence-corrected chi connectivity index (χ2v) is 3.74. The summed E-state index contributed by atoms with van der Waals surface area (Å²) in [5.74, 6) is 0.479. The number of ether oxygens (including phenoxy) is 3. The van der Waals surface area contributed by atoms with Crippen LogP contribution in [-0.4, -0.2) is 32.2 Å². The van der Waals surface area contributed by atoms with Gasteiger partial charge in [-0.3, -0.25) is 0 Å². The second-order valence-electron chi connectivity index (χ2n) is 2.82. The van der Waals surface area contributed by atoms with Crippen molar-refractivity contribution in [2.24, 2.45) is 0 Å². The molecule has 1 aromatic carbocycles. The first-order valence-electron chi connectivity index (χ1n) is 4.34. The summed E-state index contributed by atoms with van der Waals surface area (Å²) in [6, 6.07) is 5.01. The summed E-state index contributed by atoms with van der Waals surface area (Å²) in [5.41, 5.74) is 0. The summed E-state index contributed by atoms with van der Waals surface area (Å²) in [6.07, 6.45) is -0.437. The van der Waals surface area contributed by atoms with Gasteiger partial charge in [-0.15, -0.1) is 0 Å². The summed E-state index contributed by atoms with van der Waals surface area (Å²) in [6.45, 7) is 0.224. The number of methoxy groups -OCH3 is 2. The standard InChI is InChI=1S/C10H13BrO4/c1-13-10(14-2)6-15-9-4-3-7(11)5-8(9)12/h3-5,10,12H,6H2,1-2H3. The average Bonchev–Trinajstić information content (AvgIpc) is 2.22. The van der Waals surface area contributed by atoms with Gasteiger partial charge in [0.1, 0.15) is 6.61 Å². The lowest BCUT2D eigenvalue weighted by molar-refractivity contribution is -0.122. The van der Waals surface area contributed by atoms with Gasteiger partial charge in [-0.1, -0.05) is 15.9 Å². The minimum atomic E-state index is -0.437. The fourth-order valence-electron chi connectivity index (χ4n) is 1.00. The highest BCUT2D eigenvalue weighted by atomic mass is 79.9. The molecule has 0 saturated carbocycles. The van der Waals surface area contributed by atoms with Crippen LogP contribution in [0, 0.1) is 0 Å². The average molecular weight is 277 g/mol. The number of halogens is 1. The molecule has 0 atom stereocenters. The van der Waals surface area contributed by atoms with Crippen molar-refractivity contribution in [2.45, 2.75) is 6.29 Å². The largest absolute Gasteiger partial charge is 0.504 e. The van der Waals surface area contributed by atoms with Crippen molar-refractivity contribution in [3.8, 4) is 11.5 Å². The molecule has 0 amide bonds. The van der Waals surface area contributed by atoms with E-state index in [2.05, 4.69) is 15.9 Å². The first kappa shape index (κ1) is 12.3.